The summed E-state index contributed by atoms with van der Waals surface area (Å²) in [7, 11) is 0. The molecule has 2 rings (SSSR count). The highest BCUT2D eigenvalue weighted by atomic mass is 79.9. The minimum Gasteiger partial charge on any atom is -0.484 e. The van der Waals surface area contributed by atoms with Crippen LogP contribution in [0.25, 0.3) is 0 Å². The minimum atomic E-state index is -0.965. The normalized spacial score (nSPS) is 10.7. The molecule has 2 aromatic carbocycles. The van der Waals surface area contributed by atoms with E-state index in [9.17, 15) is 17.6 Å². The lowest BCUT2D eigenvalue weighted by atomic mass is 10.2. The molecule has 0 N–H and O–H groups in total. The number of rotatable bonds is 3. The van der Waals surface area contributed by atoms with E-state index in [1.54, 1.807) is 0 Å². The van der Waals surface area contributed by atoms with Gasteiger partial charge in [-0.25, -0.2) is 17.6 Å². The van der Waals surface area contributed by atoms with E-state index >= 15 is 0 Å². The van der Waals surface area contributed by atoms with Gasteiger partial charge in [-0.1, -0.05) is 0 Å². The van der Waals surface area contributed by atoms with Crippen LogP contribution in [0, 0.1) is 23.3 Å². The number of hydrogen-bond donors (Lipinski definition) is 0. The first-order valence-electron chi connectivity index (χ1n) is 5.30. The summed E-state index contributed by atoms with van der Waals surface area (Å²) in [5, 5.41) is 0. The van der Waals surface area contributed by atoms with Crippen LogP contribution in [0.2, 0.25) is 0 Å². The van der Waals surface area contributed by atoms with Gasteiger partial charge in [0.2, 0.25) is 0 Å². The molecule has 0 amide bonds. The second kappa shape index (κ2) is 6.13. The molecule has 0 radical (unpaired) electrons. The summed E-state index contributed by atoms with van der Waals surface area (Å²) >= 11 is 5.84. The van der Waals surface area contributed by atoms with Crippen LogP contribution in [0.15, 0.2) is 33.2 Å². The van der Waals surface area contributed by atoms with Crippen molar-refractivity contribution in [2.24, 2.45) is 0 Å². The van der Waals surface area contributed by atoms with Gasteiger partial charge in [0.05, 0.1) is 14.5 Å². The van der Waals surface area contributed by atoms with Gasteiger partial charge in [-0.15, -0.1) is 0 Å². The molecule has 20 heavy (non-hydrogen) atoms. The van der Waals surface area contributed by atoms with Crippen LogP contribution < -0.4 is 4.74 Å². The first-order valence-corrected chi connectivity index (χ1v) is 6.88. The van der Waals surface area contributed by atoms with E-state index in [2.05, 4.69) is 31.9 Å². The Morgan fingerprint density at radius 2 is 1.60 bits per heavy atom. The standard InChI is InChI=1S/C13H6Br2F4O/c14-8-1-2-10(17)7(12(8)19)5-20-13-9(15)3-6(16)4-11(13)18/h1-4H,5H2. The van der Waals surface area contributed by atoms with E-state index in [0.29, 0.717) is 6.07 Å². The van der Waals surface area contributed by atoms with Gasteiger partial charge in [-0.3, -0.25) is 0 Å². The summed E-state index contributed by atoms with van der Waals surface area (Å²) in [4.78, 5) is 0. The Kier molecular flexibility index (Phi) is 4.70. The monoisotopic (exact) mass is 412 g/mol. The zero-order chi connectivity index (χ0) is 14.9. The maximum Gasteiger partial charge on any atom is 0.169 e. The molecule has 0 spiro atoms. The Bertz CT molecular complexity index is 638. The van der Waals surface area contributed by atoms with Crippen molar-refractivity contribution in [1.82, 2.24) is 0 Å². The van der Waals surface area contributed by atoms with Crippen LogP contribution in [0.1, 0.15) is 5.56 Å². The lowest BCUT2D eigenvalue weighted by Gasteiger charge is -2.11. The van der Waals surface area contributed by atoms with Crippen molar-refractivity contribution in [2.75, 3.05) is 0 Å². The molecule has 0 unspecified atom stereocenters. The third-order valence-corrected chi connectivity index (χ3v) is 3.66. The third kappa shape index (κ3) is 3.15. The fourth-order valence-corrected chi connectivity index (χ4v) is 2.41. The second-order valence-corrected chi connectivity index (χ2v) is 5.52. The zero-order valence-corrected chi connectivity index (χ0v) is 12.9. The summed E-state index contributed by atoms with van der Waals surface area (Å²) in [6.45, 7) is -0.530. The highest BCUT2D eigenvalue weighted by Crippen LogP contribution is 2.31. The maximum absolute atomic E-state index is 13.7. The van der Waals surface area contributed by atoms with Crippen LogP contribution in [-0.4, -0.2) is 0 Å². The molecular weight excluding hydrogens is 408 g/mol. The number of halogens is 6. The van der Waals surface area contributed by atoms with Crippen molar-refractivity contribution >= 4 is 31.9 Å². The summed E-state index contributed by atoms with van der Waals surface area (Å²) < 4.78 is 58.7. The summed E-state index contributed by atoms with van der Waals surface area (Å²) in [6, 6.07) is 3.88. The molecule has 0 aliphatic rings. The molecule has 0 heterocycles. The number of benzene rings is 2. The van der Waals surface area contributed by atoms with E-state index in [-0.39, 0.29) is 20.3 Å². The van der Waals surface area contributed by atoms with Crippen LogP contribution in [0.5, 0.6) is 5.75 Å². The predicted molar refractivity (Wildman–Crippen MR) is 72.4 cm³/mol. The minimum absolute atomic E-state index is 0.0193. The fourth-order valence-electron chi connectivity index (χ4n) is 1.51. The van der Waals surface area contributed by atoms with Crippen LogP contribution in [-0.2, 0) is 6.61 Å². The fraction of sp³-hybridized carbons (Fsp3) is 0.0769. The van der Waals surface area contributed by atoms with Crippen molar-refractivity contribution in [2.45, 2.75) is 6.61 Å². The summed E-state index contributed by atoms with van der Waals surface area (Å²) in [6.07, 6.45) is 0. The molecule has 0 aliphatic carbocycles. The Morgan fingerprint density at radius 1 is 0.900 bits per heavy atom. The third-order valence-electron chi connectivity index (χ3n) is 2.46. The van der Waals surface area contributed by atoms with Crippen molar-refractivity contribution in [3.05, 3.63) is 62.0 Å². The van der Waals surface area contributed by atoms with E-state index < -0.39 is 29.9 Å². The summed E-state index contributed by atoms with van der Waals surface area (Å²) in [5.74, 6) is -3.72. The second-order valence-electron chi connectivity index (χ2n) is 3.81. The van der Waals surface area contributed by atoms with Crippen molar-refractivity contribution in [3.8, 4) is 5.75 Å². The summed E-state index contributed by atoms with van der Waals surface area (Å²) in [5.41, 5.74) is -0.352. The Balaban J connectivity index is 2.28. The molecule has 0 aliphatic heterocycles. The average Bonchev–Trinajstić information content (AvgIpc) is 2.36. The van der Waals surface area contributed by atoms with Gasteiger partial charge in [-0.2, -0.15) is 0 Å². The van der Waals surface area contributed by atoms with Gasteiger partial charge < -0.3 is 4.74 Å². The smallest absolute Gasteiger partial charge is 0.169 e. The van der Waals surface area contributed by atoms with Crippen molar-refractivity contribution < 1.29 is 22.3 Å². The first kappa shape index (κ1) is 15.3. The van der Waals surface area contributed by atoms with Gasteiger partial charge >= 0.3 is 0 Å². The Hall–Kier alpha value is -1.08. The van der Waals surface area contributed by atoms with Gasteiger partial charge in [0.1, 0.15) is 24.1 Å². The topological polar surface area (TPSA) is 9.23 Å². The Morgan fingerprint density at radius 3 is 2.25 bits per heavy atom. The molecule has 0 saturated heterocycles. The molecule has 2 aromatic rings. The van der Waals surface area contributed by atoms with E-state index in [0.717, 1.165) is 12.1 Å². The lowest BCUT2D eigenvalue weighted by molar-refractivity contribution is 0.275. The molecular formula is C13H6Br2F4O. The van der Waals surface area contributed by atoms with E-state index in [1.807, 2.05) is 0 Å². The largest absolute Gasteiger partial charge is 0.484 e. The quantitative estimate of drug-likeness (QED) is 0.487. The van der Waals surface area contributed by atoms with Crippen molar-refractivity contribution in [1.29, 1.82) is 0 Å². The van der Waals surface area contributed by atoms with Crippen LogP contribution in [0.3, 0.4) is 0 Å². The highest BCUT2D eigenvalue weighted by Gasteiger charge is 2.16. The molecule has 0 fully saturated rings. The highest BCUT2D eigenvalue weighted by molar-refractivity contribution is 9.10. The van der Waals surface area contributed by atoms with Gasteiger partial charge in [0.15, 0.2) is 11.6 Å². The predicted octanol–water partition coefficient (Wildman–Crippen LogP) is 5.35. The maximum atomic E-state index is 13.7. The SMILES string of the molecule is Fc1cc(F)c(OCc2c(F)ccc(Br)c2F)c(Br)c1. The number of hydrogen-bond acceptors (Lipinski definition) is 1. The Labute approximate surface area is 128 Å². The molecule has 1 nitrogen and oxygen atoms in total. The van der Waals surface area contributed by atoms with E-state index in [4.69, 9.17) is 4.74 Å². The molecule has 0 saturated carbocycles. The molecule has 7 heteroatoms. The van der Waals surface area contributed by atoms with Crippen LogP contribution in [0.4, 0.5) is 17.6 Å². The molecule has 106 valence electrons. The van der Waals surface area contributed by atoms with Crippen LogP contribution >= 0.6 is 31.9 Å². The van der Waals surface area contributed by atoms with E-state index in [1.165, 1.54) is 6.07 Å². The molecule has 0 bridgehead atoms. The zero-order valence-electron chi connectivity index (χ0n) is 9.69. The number of ether oxygens (including phenoxy) is 1. The van der Waals surface area contributed by atoms with Gasteiger partial charge in [0.25, 0.3) is 0 Å². The van der Waals surface area contributed by atoms with Gasteiger partial charge in [0, 0.05) is 6.07 Å². The molecule has 0 atom stereocenters. The average molecular weight is 414 g/mol. The first-order chi connectivity index (χ1) is 9.40. The lowest BCUT2D eigenvalue weighted by Crippen LogP contribution is -2.04. The van der Waals surface area contributed by atoms with Gasteiger partial charge in [-0.05, 0) is 50.1 Å². The van der Waals surface area contributed by atoms with Crippen molar-refractivity contribution in [3.63, 3.8) is 0 Å². The molecule has 0 aromatic heterocycles.